The van der Waals surface area contributed by atoms with Crippen LogP contribution in [0.2, 0.25) is 0 Å². The van der Waals surface area contributed by atoms with Gasteiger partial charge in [-0.15, -0.1) is 0 Å². The van der Waals surface area contributed by atoms with Crippen LogP contribution in [0.1, 0.15) is 1.43 Å². The molecule has 0 aliphatic heterocycles. The Morgan fingerprint density at radius 2 is 1.33 bits per heavy atom. The molecule has 6 heteroatoms. The summed E-state index contributed by atoms with van der Waals surface area (Å²) in [4.78, 5) is 0. The summed E-state index contributed by atoms with van der Waals surface area (Å²) in [5, 5.41) is 0. The van der Waals surface area contributed by atoms with Gasteiger partial charge in [-0.3, -0.25) is 0 Å². The van der Waals surface area contributed by atoms with Crippen LogP contribution in [0.3, 0.4) is 0 Å². The van der Waals surface area contributed by atoms with E-state index in [0.29, 0.717) is 0 Å². The van der Waals surface area contributed by atoms with Crippen LogP contribution in [-0.2, 0) is 3.74 Å². The van der Waals surface area contributed by atoms with Crippen molar-refractivity contribution in [3.8, 4) is 0 Å². The molecule has 0 aliphatic rings. The van der Waals surface area contributed by atoms with E-state index in [0.717, 1.165) is 0 Å². The van der Waals surface area contributed by atoms with E-state index < -0.39 is 14.5 Å². The summed E-state index contributed by atoms with van der Waals surface area (Å²) >= 11 is -5.88. The summed E-state index contributed by atoms with van der Waals surface area (Å²) in [7, 11) is 0. The molecule has 0 aromatic rings. The summed E-state index contributed by atoms with van der Waals surface area (Å²) in [6, 6.07) is 0. The molecule has 0 unspecified atom stereocenters. The van der Waals surface area contributed by atoms with Crippen molar-refractivity contribution in [2.45, 2.75) is 0 Å². The average Bonchev–Trinajstić information content (AvgIpc) is 0.722. The van der Waals surface area contributed by atoms with Crippen LogP contribution in [0.25, 0.3) is 0 Å². The van der Waals surface area contributed by atoms with Crippen LogP contribution in [-0.4, -0.2) is 41.8 Å². The molecule has 0 spiro atoms. The third-order valence-electron chi connectivity index (χ3n) is 0. The van der Waals surface area contributed by atoms with Crippen molar-refractivity contribution >= 4 is 41.8 Å². The SMILES string of the molecule is O=[As]([O-])([O-])[O-].[H-].[Pb]. The first-order valence-electron chi connectivity index (χ1n) is 0.730. The molecule has 0 bridgehead atoms. The maximum Gasteiger partial charge on any atom is 0 e. The van der Waals surface area contributed by atoms with E-state index in [4.69, 9.17) is 16.0 Å². The maximum atomic E-state index is 8.61. The molecule has 0 aromatic carbocycles. The van der Waals surface area contributed by atoms with Gasteiger partial charge in [0.15, 0.2) is 0 Å². The summed E-state index contributed by atoms with van der Waals surface area (Å²) in [5.41, 5.74) is 0. The Balaban J connectivity index is -0.0000000800. The van der Waals surface area contributed by atoms with Gasteiger partial charge < -0.3 is 1.43 Å². The van der Waals surface area contributed by atoms with Gasteiger partial charge in [0.1, 0.15) is 0 Å². The van der Waals surface area contributed by atoms with Crippen molar-refractivity contribution in [2.24, 2.45) is 0 Å². The Bertz CT molecular complexity index is 57.8. The molecule has 0 saturated carbocycles. The van der Waals surface area contributed by atoms with Gasteiger partial charge in [-0.2, -0.15) is 0 Å². The summed E-state index contributed by atoms with van der Waals surface area (Å²) in [5.74, 6) is 0. The summed E-state index contributed by atoms with van der Waals surface area (Å²) in [6.45, 7) is 0. The molecule has 38 valence electrons. The van der Waals surface area contributed by atoms with Crippen LogP contribution in [0.15, 0.2) is 0 Å². The van der Waals surface area contributed by atoms with Gasteiger partial charge in [0.25, 0.3) is 0 Å². The minimum atomic E-state index is -5.88. The average molecular weight is 347 g/mol. The minimum Gasteiger partial charge on any atom is -1.00 e. The van der Waals surface area contributed by atoms with Gasteiger partial charge >= 0.3 is 30.5 Å². The second kappa shape index (κ2) is 3.20. The second-order valence-electron chi connectivity index (χ2n) is 0.447. The molecule has 0 heterocycles. The predicted octanol–water partition coefficient (Wildman–Crippen LogP) is -4.33. The zero-order valence-corrected chi connectivity index (χ0v) is 8.34. The van der Waals surface area contributed by atoms with Crippen LogP contribution < -0.4 is 12.3 Å². The van der Waals surface area contributed by atoms with Gasteiger partial charge in [0.2, 0.25) is 0 Å². The molecule has 4 nitrogen and oxygen atoms in total. The molecule has 6 heavy (non-hydrogen) atoms. The molecule has 0 rings (SSSR count). The van der Waals surface area contributed by atoms with E-state index in [1.54, 1.807) is 0 Å². The summed E-state index contributed by atoms with van der Waals surface area (Å²) in [6.07, 6.45) is 0. The first-order valence-corrected chi connectivity index (χ1v) is 3.79. The molecular weight excluding hydrogens is 346 g/mol. The topological polar surface area (TPSA) is 86.2 Å². The van der Waals surface area contributed by atoms with Crippen molar-refractivity contribution in [2.75, 3.05) is 0 Å². The smallest absolute Gasteiger partial charge is 0 e. The number of hydrogen-bond acceptors (Lipinski definition) is 4. The minimum absolute atomic E-state index is 0. The van der Waals surface area contributed by atoms with E-state index >= 15 is 0 Å². The van der Waals surface area contributed by atoms with Crippen LogP contribution in [0.5, 0.6) is 0 Å². The standard InChI is InChI=1S/AsH3O4.Pb.H/c2-1(3,4)5;;/h(H3,2,3,4,5);;/q;;-1/p-3. The molecule has 0 N–H and O–H groups in total. The molecule has 0 atom stereocenters. The maximum absolute atomic E-state index is 8.61. The van der Waals surface area contributed by atoms with E-state index in [-0.39, 0.29) is 28.7 Å². The Kier molecular flexibility index (Phi) is 5.44. The summed E-state index contributed by atoms with van der Waals surface area (Å²) < 4.78 is 34.4. The predicted molar refractivity (Wildman–Crippen MR) is 13.3 cm³/mol. The molecule has 0 fully saturated rings. The normalized spacial score (nSPS) is 9.83. The Morgan fingerprint density at radius 1 is 1.33 bits per heavy atom. The zero-order chi connectivity index (χ0) is 4.50. The van der Waals surface area contributed by atoms with Gasteiger partial charge in [0, 0.05) is 27.3 Å². The molecular formula is HAsO4Pb-4. The first-order chi connectivity index (χ1) is 2.00. The molecule has 4 radical (unpaired) electrons. The van der Waals surface area contributed by atoms with E-state index in [2.05, 4.69) is 0 Å². The van der Waals surface area contributed by atoms with Gasteiger partial charge in [0.05, 0.1) is 0 Å². The van der Waals surface area contributed by atoms with E-state index in [1.807, 2.05) is 0 Å². The van der Waals surface area contributed by atoms with Gasteiger partial charge in [-0.1, -0.05) is 0 Å². The van der Waals surface area contributed by atoms with Crippen LogP contribution in [0.4, 0.5) is 0 Å². The van der Waals surface area contributed by atoms with Crippen molar-refractivity contribution in [3.63, 3.8) is 0 Å². The molecule has 0 amide bonds. The molecule has 0 aromatic heterocycles. The quantitative estimate of drug-likeness (QED) is 0.415. The van der Waals surface area contributed by atoms with Crippen molar-refractivity contribution in [3.05, 3.63) is 0 Å². The fourth-order valence-electron chi connectivity index (χ4n) is 0. The van der Waals surface area contributed by atoms with E-state index in [1.165, 1.54) is 0 Å². The first kappa shape index (κ1) is 10.2. The van der Waals surface area contributed by atoms with Gasteiger partial charge in [-0.05, 0) is 0 Å². The number of rotatable bonds is 0. The largest absolute Gasteiger partial charge is 1.00 e. The Hall–Kier alpha value is 1.16. The monoisotopic (exact) mass is 348 g/mol. The van der Waals surface area contributed by atoms with Crippen molar-refractivity contribution in [1.82, 2.24) is 0 Å². The third-order valence-corrected chi connectivity index (χ3v) is 0. The van der Waals surface area contributed by atoms with Gasteiger partial charge in [-0.25, -0.2) is 0 Å². The fraction of sp³-hybridized carbons (Fsp3) is 0. The fourth-order valence-corrected chi connectivity index (χ4v) is 0. The number of hydrogen-bond donors (Lipinski definition) is 0. The zero-order valence-electron chi connectivity index (χ0n) is 3.58. The van der Waals surface area contributed by atoms with Crippen molar-refractivity contribution in [1.29, 1.82) is 0 Å². The van der Waals surface area contributed by atoms with Crippen LogP contribution in [0, 0.1) is 0 Å². The van der Waals surface area contributed by atoms with Crippen molar-refractivity contribution < 1.29 is 17.5 Å². The third kappa shape index (κ3) is 66.3. The molecule has 0 saturated heterocycles. The van der Waals surface area contributed by atoms with Crippen LogP contribution >= 0.6 is 0 Å². The molecule has 0 aliphatic carbocycles. The Labute approximate surface area is 59.2 Å². The van der Waals surface area contributed by atoms with E-state index in [9.17, 15) is 0 Å². The second-order valence-corrected chi connectivity index (χ2v) is 2.32. The Morgan fingerprint density at radius 3 is 1.33 bits per heavy atom.